The van der Waals surface area contributed by atoms with Crippen LogP contribution in [0.2, 0.25) is 0 Å². The first kappa shape index (κ1) is 22.4. The second-order valence-electron chi connectivity index (χ2n) is 9.61. The van der Waals surface area contributed by atoms with Crippen molar-refractivity contribution in [2.75, 3.05) is 26.7 Å². The maximum Gasteiger partial charge on any atom is 0.168 e. The summed E-state index contributed by atoms with van der Waals surface area (Å²) in [5.74, 6) is 0.158. The lowest BCUT2D eigenvalue weighted by Crippen LogP contribution is -2.58. The van der Waals surface area contributed by atoms with Crippen molar-refractivity contribution in [3.63, 3.8) is 0 Å². The van der Waals surface area contributed by atoms with E-state index in [2.05, 4.69) is 75.7 Å². The number of aliphatic hydroxyl groups is 1. The van der Waals surface area contributed by atoms with Crippen LogP contribution in [-0.4, -0.2) is 63.8 Å². The Kier molecular flexibility index (Phi) is 6.41. The summed E-state index contributed by atoms with van der Waals surface area (Å²) in [5, 5.41) is 16.3. The van der Waals surface area contributed by atoms with Crippen LogP contribution in [-0.2, 0) is 12.8 Å². The highest BCUT2D eigenvalue weighted by molar-refractivity contribution is 7.80. The first-order valence-corrected chi connectivity index (χ1v) is 12.5. The molecule has 3 N–H and O–H groups in total. The number of hydrogen-bond donors (Lipinski definition) is 3. The van der Waals surface area contributed by atoms with Crippen molar-refractivity contribution < 1.29 is 5.11 Å². The molecule has 3 aromatic rings. The van der Waals surface area contributed by atoms with Crippen molar-refractivity contribution in [2.45, 2.75) is 44.4 Å². The summed E-state index contributed by atoms with van der Waals surface area (Å²) in [6.07, 6.45) is 2.57. The lowest BCUT2D eigenvalue weighted by atomic mass is 9.80. The molecule has 1 aromatic heterocycles. The second kappa shape index (κ2) is 9.45. The number of piperidine rings is 1. The Balaban J connectivity index is 1.33. The average molecular weight is 463 g/mol. The van der Waals surface area contributed by atoms with Gasteiger partial charge in [0, 0.05) is 55.2 Å². The summed E-state index contributed by atoms with van der Waals surface area (Å²) in [7, 11) is 2.09. The van der Waals surface area contributed by atoms with Gasteiger partial charge < -0.3 is 20.3 Å². The van der Waals surface area contributed by atoms with Crippen molar-refractivity contribution >= 4 is 28.2 Å². The fraction of sp³-hybridized carbons (Fsp3) is 0.444. The monoisotopic (exact) mass is 462 g/mol. The first-order valence-electron chi connectivity index (χ1n) is 12.1. The highest BCUT2D eigenvalue weighted by Gasteiger charge is 2.43. The van der Waals surface area contributed by atoms with Crippen LogP contribution >= 0.6 is 12.2 Å². The molecular weight excluding hydrogens is 428 g/mol. The number of para-hydroxylation sites is 1. The molecular formula is C27H34N4OS. The average Bonchev–Trinajstić information content (AvgIpc) is 3.22. The van der Waals surface area contributed by atoms with Crippen LogP contribution in [0.15, 0.2) is 54.6 Å². The quantitative estimate of drug-likeness (QED) is 0.503. The largest absolute Gasteiger partial charge is 0.393 e. The molecule has 0 aliphatic carbocycles. The molecule has 0 bridgehead atoms. The Bertz CT molecular complexity index is 1110. The number of fused-ring (bicyclic) bond motifs is 5. The van der Waals surface area contributed by atoms with Crippen LogP contribution in [0.1, 0.15) is 36.2 Å². The number of rotatable bonds is 5. The van der Waals surface area contributed by atoms with E-state index in [9.17, 15) is 5.11 Å². The molecule has 0 unspecified atom stereocenters. The van der Waals surface area contributed by atoms with Crippen LogP contribution in [0.5, 0.6) is 0 Å². The Morgan fingerprint density at radius 3 is 2.76 bits per heavy atom. The van der Waals surface area contributed by atoms with E-state index in [0.29, 0.717) is 6.04 Å². The van der Waals surface area contributed by atoms with E-state index in [1.807, 2.05) is 13.0 Å². The van der Waals surface area contributed by atoms with E-state index < -0.39 is 0 Å². The van der Waals surface area contributed by atoms with E-state index in [1.54, 1.807) is 0 Å². The minimum Gasteiger partial charge on any atom is -0.393 e. The molecule has 2 aliphatic rings. The predicted octanol–water partition coefficient (Wildman–Crippen LogP) is 3.89. The standard InChI is InChI=1S/C27H34N4OS/c1-18(32)22-17-31-15-13-21-20-10-6-7-11-23(20)29-26(21)25(31)16-24(22)30(2)27(33)28-14-12-19-8-4-3-5-9-19/h3-11,18,22,24-25,29,32H,12-17H2,1-2H3,(H,28,33)/t18-,22-,24-,25-/m0/s1. The normalized spacial score (nSPS) is 23.5. The van der Waals surface area contributed by atoms with Crippen LogP contribution in [0.3, 0.4) is 0 Å². The maximum absolute atomic E-state index is 10.7. The lowest BCUT2D eigenvalue weighted by molar-refractivity contribution is -0.0137. The van der Waals surface area contributed by atoms with E-state index >= 15 is 0 Å². The summed E-state index contributed by atoms with van der Waals surface area (Å²) in [4.78, 5) is 8.49. The summed E-state index contributed by atoms with van der Waals surface area (Å²) < 4.78 is 0. The third kappa shape index (κ3) is 4.39. The SMILES string of the molecule is C[C@H](O)[C@@H]1CN2CCc3c([nH]c4ccccc34)[C@@H]2C[C@@H]1N(C)C(=S)NCCc1ccccc1. The molecule has 2 aromatic carbocycles. The molecule has 6 heteroatoms. The molecule has 5 nitrogen and oxygen atoms in total. The van der Waals surface area contributed by atoms with E-state index in [1.165, 1.54) is 27.7 Å². The molecule has 0 spiro atoms. The van der Waals surface area contributed by atoms with Crippen molar-refractivity contribution in [2.24, 2.45) is 5.92 Å². The Hall–Kier alpha value is -2.41. The Labute approximate surface area is 201 Å². The van der Waals surface area contributed by atoms with E-state index in [4.69, 9.17) is 12.2 Å². The Morgan fingerprint density at radius 2 is 1.97 bits per heavy atom. The summed E-state index contributed by atoms with van der Waals surface area (Å²) >= 11 is 5.80. The first-order chi connectivity index (χ1) is 16.0. The third-order valence-electron chi connectivity index (χ3n) is 7.64. The number of thiocarbonyl (C=S) groups is 1. The molecule has 1 fully saturated rings. The van der Waals surface area contributed by atoms with E-state index in [0.717, 1.165) is 44.0 Å². The van der Waals surface area contributed by atoms with Gasteiger partial charge in [0.15, 0.2) is 5.11 Å². The van der Waals surface area contributed by atoms with Gasteiger partial charge in [0.25, 0.3) is 0 Å². The molecule has 0 amide bonds. The predicted molar refractivity (Wildman–Crippen MR) is 138 cm³/mol. The van der Waals surface area contributed by atoms with Crippen molar-refractivity contribution in [1.82, 2.24) is 20.1 Å². The van der Waals surface area contributed by atoms with Gasteiger partial charge in [-0.15, -0.1) is 0 Å². The maximum atomic E-state index is 10.7. The zero-order valence-electron chi connectivity index (χ0n) is 19.5. The number of hydrogen-bond acceptors (Lipinski definition) is 3. The van der Waals surface area contributed by atoms with Gasteiger partial charge in [0.05, 0.1) is 12.1 Å². The van der Waals surface area contributed by atoms with Gasteiger partial charge >= 0.3 is 0 Å². The second-order valence-corrected chi connectivity index (χ2v) is 10.00. The van der Waals surface area contributed by atoms with Gasteiger partial charge in [-0.2, -0.15) is 0 Å². The van der Waals surface area contributed by atoms with Crippen LogP contribution in [0.4, 0.5) is 0 Å². The number of aliphatic hydroxyl groups excluding tert-OH is 1. The number of aromatic amines is 1. The number of nitrogens with one attached hydrogen (secondary N) is 2. The zero-order valence-corrected chi connectivity index (χ0v) is 20.3. The highest BCUT2D eigenvalue weighted by Crippen LogP contribution is 2.42. The van der Waals surface area contributed by atoms with Crippen LogP contribution in [0, 0.1) is 5.92 Å². The molecule has 5 rings (SSSR count). The van der Waals surface area contributed by atoms with Gasteiger partial charge in [0.1, 0.15) is 0 Å². The summed E-state index contributed by atoms with van der Waals surface area (Å²) in [6.45, 7) is 4.66. The minimum absolute atomic E-state index is 0.158. The van der Waals surface area contributed by atoms with Crippen molar-refractivity contribution in [3.05, 3.63) is 71.4 Å². The van der Waals surface area contributed by atoms with Crippen molar-refractivity contribution in [3.8, 4) is 0 Å². The van der Waals surface area contributed by atoms with Gasteiger partial charge in [-0.25, -0.2) is 0 Å². The number of benzene rings is 2. The van der Waals surface area contributed by atoms with Gasteiger partial charge in [-0.3, -0.25) is 4.90 Å². The molecule has 0 saturated carbocycles. The molecule has 33 heavy (non-hydrogen) atoms. The van der Waals surface area contributed by atoms with Gasteiger partial charge in [-0.1, -0.05) is 48.5 Å². The fourth-order valence-electron chi connectivity index (χ4n) is 5.80. The molecule has 4 atom stereocenters. The zero-order chi connectivity index (χ0) is 22.9. The summed E-state index contributed by atoms with van der Waals surface area (Å²) in [6, 6.07) is 19.6. The fourth-order valence-corrected chi connectivity index (χ4v) is 6.04. The molecule has 2 aliphatic heterocycles. The lowest BCUT2D eigenvalue weighted by Gasteiger charge is -2.50. The number of H-pyrrole nitrogens is 1. The number of nitrogens with zero attached hydrogens (tertiary/aromatic N) is 2. The van der Waals surface area contributed by atoms with Crippen LogP contribution in [0.25, 0.3) is 10.9 Å². The van der Waals surface area contributed by atoms with Crippen molar-refractivity contribution in [1.29, 1.82) is 0 Å². The van der Waals surface area contributed by atoms with Gasteiger partial charge in [0.2, 0.25) is 0 Å². The smallest absolute Gasteiger partial charge is 0.168 e. The highest BCUT2D eigenvalue weighted by atomic mass is 32.1. The van der Waals surface area contributed by atoms with Crippen LogP contribution < -0.4 is 5.32 Å². The molecule has 1 saturated heterocycles. The van der Waals surface area contributed by atoms with Gasteiger partial charge in [-0.05, 0) is 55.6 Å². The minimum atomic E-state index is -0.380. The molecule has 174 valence electrons. The Morgan fingerprint density at radius 1 is 1.21 bits per heavy atom. The van der Waals surface area contributed by atoms with E-state index in [-0.39, 0.29) is 18.1 Å². The molecule has 0 radical (unpaired) electrons. The summed E-state index contributed by atoms with van der Waals surface area (Å²) in [5.41, 5.74) is 5.35. The third-order valence-corrected chi connectivity index (χ3v) is 8.08. The topological polar surface area (TPSA) is 54.5 Å². The number of aromatic nitrogens is 1. The molecule has 3 heterocycles.